The molecule has 2 aromatic heterocycles. The van der Waals surface area contributed by atoms with Gasteiger partial charge in [-0.2, -0.15) is 0 Å². The molecule has 0 spiro atoms. The van der Waals surface area contributed by atoms with E-state index < -0.39 is 5.97 Å². The first-order valence-corrected chi connectivity index (χ1v) is 5.28. The van der Waals surface area contributed by atoms with Gasteiger partial charge in [0.15, 0.2) is 5.69 Å². The number of rotatable bonds is 3. The monoisotopic (exact) mass is 244 g/mol. The first-order chi connectivity index (χ1) is 8.70. The lowest BCUT2D eigenvalue weighted by Crippen LogP contribution is -2.07. The summed E-state index contributed by atoms with van der Waals surface area (Å²) in [7, 11) is 1.30. The van der Waals surface area contributed by atoms with E-state index in [1.807, 2.05) is 13.0 Å². The number of ether oxygens (including phenoxy) is 1. The summed E-state index contributed by atoms with van der Waals surface area (Å²) in [5.74, 6) is -0.0527. The molecule has 0 aromatic carbocycles. The Hall–Kier alpha value is -2.50. The minimum absolute atomic E-state index is 0.157. The summed E-state index contributed by atoms with van der Waals surface area (Å²) >= 11 is 0. The van der Waals surface area contributed by atoms with Crippen molar-refractivity contribution in [3.63, 3.8) is 0 Å². The number of carbonyl (C=O) groups is 1. The molecule has 2 aromatic rings. The molecule has 0 aliphatic heterocycles. The Bertz CT molecular complexity index is 572. The molecule has 6 heteroatoms. The lowest BCUT2D eigenvalue weighted by Gasteiger charge is -2.08. The van der Waals surface area contributed by atoms with Gasteiger partial charge in [-0.1, -0.05) is 0 Å². The van der Waals surface area contributed by atoms with Crippen LogP contribution in [0, 0.1) is 6.92 Å². The highest BCUT2D eigenvalue weighted by molar-refractivity contribution is 5.87. The quantitative estimate of drug-likeness (QED) is 0.828. The lowest BCUT2D eigenvalue weighted by atomic mass is 10.2. The summed E-state index contributed by atoms with van der Waals surface area (Å²) in [5.41, 5.74) is 1.99. The normalized spacial score (nSPS) is 9.89. The van der Waals surface area contributed by atoms with Gasteiger partial charge in [-0.25, -0.2) is 9.78 Å². The Morgan fingerprint density at radius 1 is 1.28 bits per heavy atom. The molecule has 1 N–H and O–H groups in total. The van der Waals surface area contributed by atoms with E-state index in [2.05, 4.69) is 25.0 Å². The number of hydrogen-bond acceptors (Lipinski definition) is 6. The average molecular weight is 244 g/mol. The van der Waals surface area contributed by atoms with Crippen LogP contribution in [0.2, 0.25) is 0 Å². The minimum Gasteiger partial charge on any atom is -0.464 e. The van der Waals surface area contributed by atoms with E-state index in [1.54, 1.807) is 12.4 Å². The first-order valence-electron chi connectivity index (χ1n) is 5.28. The molecule has 6 nitrogen and oxygen atoms in total. The molecule has 0 aliphatic carbocycles. The predicted molar refractivity (Wildman–Crippen MR) is 65.6 cm³/mol. The molecule has 0 unspecified atom stereocenters. The van der Waals surface area contributed by atoms with Crippen molar-refractivity contribution in [2.75, 3.05) is 12.4 Å². The molecule has 2 heterocycles. The molecule has 0 radical (unpaired) electrons. The van der Waals surface area contributed by atoms with Crippen molar-refractivity contribution in [1.29, 1.82) is 0 Å². The molecule has 0 saturated carbocycles. The number of nitrogens with zero attached hydrogens (tertiary/aromatic N) is 3. The van der Waals surface area contributed by atoms with Crippen molar-refractivity contribution in [3.8, 4) is 0 Å². The van der Waals surface area contributed by atoms with Crippen LogP contribution >= 0.6 is 0 Å². The number of carbonyl (C=O) groups excluding carboxylic acids is 1. The van der Waals surface area contributed by atoms with Gasteiger partial charge in [0.05, 0.1) is 31.4 Å². The molecule has 0 fully saturated rings. The fourth-order valence-corrected chi connectivity index (χ4v) is 1.36. The standard InChI is InChI=1S/C12H12N4O2/c1-8-3-4-13-5-9(8)15-11-7-14-6-10(16-11)12(17)18-2/h3-7H,1-2H3,(H,15,16). The van der Waals surface area contributed by atoms with Crippen molar-refractivity contribution < 1.29 is 9.53 Å². The fraction of sp³-hybridized carbons (Fsp3) is 0.167. The highest BCUT2D eigenvalue weighted by atomic mass is 16.5. The zero-order valence-corrected chi connectivity index (χ0v) is 10.0. The number of aromatic nitrogens is 3. The minimum atomic E-state index is -0.519. The van der Waals surface area contributed by atoms with Gasteiger partial charge in [0, 0.05) is 6.20 Å². The molecule has 2 rings (SSSR count). The predicted octanol–water partition coefficient (Wildman–Crippen LogP) is 1.71. The van der Waals surface area contributed by atoms with Crippen LogP contribution in [0.3, 0.4) is 0 Å². The van der Waals surface area contributed by atoms with E-state index in [0.717, 1.165) is 11.3 Å². The first kappa shape index (κ1) is 12.0. The molecule has 0 aliphatic rings. The number of nitrogens with one attached hydrogen (secondary N) is 1. The van der Waals surface area contributed by atoms with Crippen LogP contribution in [-0.2, 0) is 4.74 Å². The molecule has 92 valence electrons. The van der Waals surface area contributed by atoms with Crippen LogP contribution in [0.1, 0.15) is 16.1 Å². The third kappa shape index (κ3) is 2.60. The van der Waals surface area contributed by atoms with Crippen molar-refractivity contribution in [3.05, 3.63) is 42.1 Å². The second-order valence-corrected chi connectivity index (χ2v) is 3.60. The van der Waals surface area contributed by atoms with E-state index in [-0.39, 0.29) is 5.69 Å². The molecular formula is C12H12N4O2. The topological polar surface area (TPSA) is 77.0 Å². The molecular weight excluding hydrogens is 232 g/mol. The van der Waals surface area contributed by atoms with E-state index in [0.29, 0.717) is 5.82 Å². The maximum Gasteiger partial charge on any atom is 0.358 e. The van der Waals surface area contributed by atoms with Gasteiger partial charge in [-0.15, -0.1) is 0 Å². The highest BCUT2D eigenvalue weighted by Crippen LogP contribution is 2.16. The van der Waals surface area contributed by atoms with E-state index in [9.17, 15) is 4.79 Å². The molecule has 18 heavy (non-hydrogen) atoms. The zero-order chi connectivity index (χ0) is 13.0. The number of hydrogen-bond donors (Lipinski definition) is 1. The highest BCUT2D eigenvalue weighted by Gasteiger charge is 2.09. The van der Waals surface area contributed by atoms with Crippen molar-refractivity contribution in [1.82, 2.24) is 15.0 Å². The van der Waals surface area contributed by atoms with Crippen LogP contribution in [0.5, 0.6) is 0 Å². The van der Waals surface area contributed by atoms with Crippen LogP contribution < -0.4 is 5.32 Å². The van der Waals surface area contributed by atoms with Crippen molar-refractivity contribution in [2.45, 2.75) is 6.92 Å². The molecule has 0 amide bonds. The van der Waals surface area contributed by atoms with E-state index in [4.69, 9.17) is 0 Å². The second kappa shape index (κ2) is 5.22. The van der Waals surface area contributed by atoms with Crippen LogP contribution in [-0.4, -0.2) is 28.0 Å². The summed E-state index contributed by atoms with van der Waals surface area (Å²) < 4.78 is 4.58. The number of pyridine rings is 1. The van der Waals surface area contributed by atoms with Gasteiger partial charge in [-0.05, 0) is 18.6 Å². The Kier molecular flexibility index (Phi) is 3.47. The van der Waals surface area contributed by atoms with Gasteiger partial charge in [0.1, 0.15) is 5.82 Å². The van der Waals surface area contributed by atoms with Crippen LogP contribution in [0.25, 0.3) is 0 Å². The molecule has 0 saturated heterocycles. The average Bonchev–Trinajstić information content (AvgIpc) is 2.41. The maximum absolute atomic E-state index is 11.3. The number of methoxy groups -OCH3 is 1. The summed E-state index contributed by atoms with van der Waals surface area (Å²) in [6, 6.07) is 1.87. The summed E-state index contributed by atoms with van der Waals surface area (Å²) in [6.45, 7) is 1.95. The smallest absolute Gasteiger partial charge is 0.358 e. The van der Waals surface area contributed by atoms with E-state index >= 15 is 0 Å². The Labute approximate surface area is 104 Å². The Morgan fingerprint density at radius 3 is 2.83 bits per heavy atom. The van der Waals surface area contributed by atoms with Crippen molar-refractivity contribution in [2.24, 2.45) is 0 Å². The van der Waals surface area contributed by atoms with Gasteiger partial charge < -0.3 is 10.1 Å². The van der Waals surface area contributed by atoms with E-state index in [1.165, 1.54) is 19.5 Å². The summed E-state index contributed by atoms with van der Waals surface area (Å²) in [5, 5.41) is 3.05. The van der Waals surface area contributed by atoms with Gasteiger partial charge in [-0.3, -0.25) is 9.97 Å². The number of anilines is 2. The zero-order valence-electron chi connectivity index (χ0n) is 10.0. The summed E-state index contributed by atoms with van der Waals surface area (Å²) in [4.78, 5) is 23.4. The Balaban J connectivity index is 2.25. The van der Waals surface area contributed by atoms with Crippen LogP contribution in [0.15, 0.2) is 30.9 Å². The summed E-state index contributed by atoms with van der Waals surface area (Å²) in [6.07, 6.45) is 6.27. The SMILES string of the molecule is COC(=O)c1cncc(Nc2cnccc2C)n1. The van der Waals surface area contributed by atoms with Crippen molar-refractivity contribution >= 4 is 17.5 Å². The number of aryl methyl sites for hydroxylation is 1. The lowest BCUT2D eigenvalue weighted by molar-refractivity contribution is 0.0593. The Morgan fingerprint density at radius 2 is 2.11 bits per heavy atom. The number of esters is 1. The van der Waals surface area contributed by atoms with Gasteiger partial charge >= 0.3 is 5.97 Å². The molecule has 0 bridgehead atoms. The third-order valence-electron chi connectivity index (χ3n) is 2.33. The maximum atomic E-state index is 11.3. The second-order valence-electron chi connectivity index (χ2n) is 3.60. The van der Waals surface area contributed by atoms with Gasteiger partial charge in [0.2, 0.25) is 0 Å². The molecule has 0 atom stereocenters. The largest absolute Gasteiger partial charge is 0.464 e. The third-order valence-corrected chi connectivity index (χ3v) is 2.33. The fourth-order valence-electron chi connectivity index (χ4n) is 1.36. The van der Waals surface area contributed by atoms with Crippen LogP contribution in [0.4, 0.5) is 11.5 Å². The van der Waals surface area contributed by atoms with Gasteiger partial charge in [0.25, 0.3) is 0 Å².